The quantitative estimate of drug-likeness (QED) is 0.182. The lowest BCUT2D eigenvalue weighted by atomic mass is 10.0. The van der Waals surface area contributed by atoms with Gasteiger partial charge in [0.15, 0.2) is 5.38 Å². The van der Waals surface area contributed by atoms with E-state index in [1.54, 1.807) is 0 Å². The summed E-state index contributed by atoms with van der Waals surface area (Å²) in [5.74, 6) is 0. The van der Waals surface area contributed by atoms with E-state index in [0.29, 0.717) is 0 Å². The topological polar surface area (TPSA) is 20.2 Å². The lowest BCUT2D eigenvalue weighted by Gasteiger charge is -2.61. The van der Waals surface area contributed by atoms with Gasteiger partial charge in [-0.25, -0.2) is 0 Å². The summed E-state index contributed by atoms with van der Waals surface area (Å²) in [7, 11) is 0. The molecule has 32 heteroatoms. The fourth-order valence-electron chi connectivity index (χ4n) is 2.54. The lowest BCUT2D eigenvalue weighted by molar-refractivity contribution is 0.228. The van der Waals surface area contributed by atoms with Crippen LogP contribution < -0.4 is 0 Å². The van der Waals surface area contributed by atoms with Gasteiger partial charge in [0.25, 0.3) is 0 Å². The van der Waals surface area contributed by atoms with Crippen molar-refractivity contribution in [2.45, 2.75) is 47.6 Å². The third-order valence-corrected chi connectivity index (χ3v) is 70.2. The second-order valence-electron chi connectivity index (χ2n) is 8.51. The minimum atomic E-state index is -1.70. The van der Waals surface area contributed by atoms with Crippen LogP contribution in [0.3, 0.4) is 0 Å². The van der Waals surface area contributed by atoms with Crippen molar-refractivity contribution in [3.05, 3.63) is 0 Å². The van der Waals surface area contributed by atoms with Crippen LogP contribution in [0.4, 0.5) is 0 Å². The van der Waals surface area contributed by atoms with Crippen LogP contribution in [0.1, 0.15) is 0 Å². The van der Waals surface area contributed by atoms with Gasteiger partial charge in [0, 0.05) is 0 Å². The molecule has 0 rings (SSSR count). The third-order valence-electron chi connectivity index (χ3n) is 5.47. The minimum absolute atomic E-state index is 0.897. The maximum atomic E-state index is 11.0. The fraction of sp³-hybridized carbons (Fsp3) is 1.00. The first-order valence-corrected chi connectivity index (χ1v) is 34.2. The summed E-state index contributed by atoms with van der Waals surface area (Å²) >= 11 is 118. The Morgan fingerprint density at radius 3 is 0.383 bits per heavy atom. The van der Waals surface area contributed by atoms with E-state index >= 15 is 0 Å². The summed E-state index contributed by atoms with van der Waals surface area (Å²) in [5, 5.41) is 11.0. The van der Waals surface area contributed by atoms with Crippen molar-refractivity contribution in [1.82, 2.24) is 0 Å². The molecule has 0 aromatic heterocycles. The number of hydrogen-bond donors (Lipinski definition) is 1. The summed E-state index contributed by atoms with van der Waals surface area (Å²) in [6.07, 6.45) is 0. The standard InChI is InChI=1S/C15HBr31O/c16-1(17,2(18,19)4(22,23)6(26,27)8(30,31)10(34,35)12(38,39)14(42,43)44)3(20,21)5(24,25)7(28,29)9(32,33)11(36,37)13(40,41)15(45,46)47/h47H. The van der Waals surface area contributed by atoms with Crippen LogP contribution in [0.25, 0.3) is 0 Å². The SMILES string of the molecule is OC(Br)(Br)C(Br)(Br)C(Br)(Br)C(Br)(Br)C(Br)(Br)C(Br)(Br)C(Br)(Br)C(Br)(Br)C(Br)(Br)C(Br)(Br)C(Br)(Br)C(Br)(Br)C(Br)(Br)C(Br)(Br)C(Br)(Br)Br. The van der Waals surface area contributed by atoms with E-state index in [1.165, 1.54) is 0 Å². The van der Waals surface area contributed by atoms with Crippen molar-refractivity contribution in [1.29, 1.82) is 0 Å². The average molecular weight is 2670 g/mol. The monoisotopic (exact) mass is 2640 g/mol. The summed E-state index contributed by atoms with van der Waals surface area (Å²) in [5.41, 5.74) is 0. The van der Waals surface area contributed by atoms with Crippen molar-refractivity contribution in [2.75, 3.05) is 0 Å². The Kier molecular flexibility index (Phi) is 26.1. The van der Waals surface area contributed by atoms with Gasteiger partial charge in [-0.1, -0.05) is 462 Å². The molecule has 284 valence electrons. The van der Waals surface area contributed by atoms with Crippen LogP contribution in [-0.2, 0) is 0 Å². The molecule has 0 unspecified atom stereocenters. The van der Waals surface area contributed by atoms with Crippen molar-refractivity contribution in [3.63, 3.8) is 0 Å². The molecule has 0 saturated carbocycles. The maximum absolute atomic E-state index is 11.0. The molecule has 0 aliphatic heterocycles. The van der Waals surface area contributed by atoms with Crippen molar-refractivity contribution in [2.24, 2.45) is 0 Å². The highest BCUT2D eigenvalue weighted by Gasteiger charge is 2.83. The van der Waals surface area contributed by atoms with Crippen LogP contribution in [0.15, 0.2) is 0 Å². The molecule has 0 aliphatic carbocycles. The van der Waals surface area contributed by atoms with Gasteiger partial charge >= 0.3 is 0 Å². The summed E-state index contributed by atoms with van der Waals surface area (Å²) in [4.78, 5) is 0. The van der Waals surface area contributed by atoms with Gasteiger partial charge in [0.1, 0.15) is 38.8 Å². The molecule has 0 aromatic carbocycles. The zero-order valence-electron chi connectivity index (χ0n) is 19.7. The lowest BCUT2D eigenvalue weighted by Crippen LogP contribution is -2.73. The van der Waals surface area contributed by atoms with E-state index in [-0.39, 0.29) is 0 Å². The van der Waals surface area contributed by atoms with Crippen LogP contribution >= 0.6 is 494 Å². The normalized spacial score (nSPS) is 17.4. The molecule has 0 bridgehead atoms. The molecule has 0 fully saturated rings. The van der Waals surface area contributed by atoms with Gasteiger partial charge in [-0.05, 0) is 31.9 Å². The van der Waals surface area contributed by atoms with E-state index in [4.69, 9.17) is 0 Å². The van der Waals surface area contributed by atoms with Crippen molar-refractivity contribution in [3.8, 4) is 0 Å². The molecule has 0 spiro atoms. The van der Waals surface area contributed by atoms with E-state index in [2.05, 4.69) is 494 Å². The maximum Gasteiger partial charge on any atom is 0.202 e. The van der Waals surface area contributed by atoms with Gasteiger partial charge < -0.3 is 5.11 Å². The molecule has 0 aliphatic rings. The highest BCUT2D eigenvalue weighted by atomic mass is 80.0. The van der Waals surface area contributed by atoms with Crippen molar-refractivity contribution < 1.29 is 5.11 Å². The number of rotatable bonds is 13. The van der Waals surface area contributed by atoms with E-state index in [1.807, 2.05) is 0 Å². The summed E-state index contributed by atoms with van der Waals surface area (Å²) in [6, 6.07) is 0. The Bertz CT molecular complexity index is 1060. The highest BCUT2D eigenvalue weighted by Crippen LogP contribution is 2.83. The Balaban J connectivity index is 7.61. The molecule has 0 amide bonds. The largest absolute Gasteiger partial charge is 0.368 e. The summed E-state index contributed by atoms with van der Waals surface area (Å²) in [6.45, 7) is 0. The molecular formula is C15HBr31O. The molecule has 1 nitrogen and oxygen atoms in total. The first-order valence-electron chi connectivity index (χ1n) is 9.58. The molecule has 0 atom stereocenters. The Hall–Kier alpha value is 14.8. The zero-order valence-corrected chi connectivity index (χ0v) is 68.8. The van der Waals surface area contributed by atoms with Crippen LogP contribution in [0.5, 0.6) is 0 Å². The van der Waals surface area contributed by atoms with Gasteiger partial charge in [0.2, 0.25) is 3.42 Å². The Morgan fingerprint density at radius 2 is 0.277 bits per heavy atom. The van der Waals surface area contributed by atoms with Crippen LogP contribution in [0.2, 0.25) is 0 Å². The zero-order chi connectivity index (χ0) is 39.5. The second kappa shape index (κ2) is 19.8. The Morgan fingerprint density at radius 1 is 0.170 bits per heavy atom. The molecule has 0 heterocycles. The molecule has 0 radical (unpaired) electrons. The highest BCUT2D eigenvalue weighted by molar-refractivity contribution is 9.42. The predicted molar refractivity (Wildman–Crippen MR) is 320 cm³/mol. The van der Waals surface area contributed by atoms with Crippen LogP contribution in [-0.4, -0.2) is 52.7 Å². The number of halogens is 31. The first-order chi connectivity index (χ1) is 19.5. The molecule has 1 N–H and O–H groups in total. The predicted octanol–water partition coefficient (Wildman–Crippen LogP) is 22.6. The third kappa shape index (κ3) is 10.6. The van der Waals surface area contributed by atoms with Crippen LogP contribution in [0, 0.1) is 0 Å². The van der Waals surface area contributed by atoms with E-state index in [0.717, 1.165) is 0 Å². The molecule has 0 aromatic rings. The van der Waals surface area contributed by atoms with Crippen molar-refractivity contribution >= 4 is 494 Å². The fourth-order valence-corrected chi connectivity index (χ4v) is 32.6. The average Bonchev–Trinajstić information content (AvgIpc) is 2.80. The van der Waals surface area contributed by atoms with Gasteiger partial charge in [0.05, 0.1) is 0 Å². The van der Waals surface area contributed by atoms with Gasteiger partial charge in [-0.3, -0.25) is 0 Å². The van der Waals surface area contributed by atoms with Gasteiger partial charge in [-0.15, -0.1) is 0 Å². The second-order valence-corrected chi connectivity index (χ2v) is 63.4. The smallest absolute Gasteiger partial charge is 0.202 e. The van der Waals surface area contributed by atoms with Gasteiger partial charge in [-0.2, -0.15) is 0 Å². The Labute approximate surface area is 533 Å². The van der Waals surface area contributed by atoms with E-state index in [9.17, 15) is 5.11 Å². The first kappa shape index (κ1) is 61.8. The number of hydrogen-bond acceptors (Lipinski definition) is 1. The number of aliphatic hydroxyl groups is 1. The minimum Gasteiger partial charge on any atom is -0.368 e. The molecular weight excluding hydrogens is 2670 g/mol. The molecule has 0 saturated heterocycles. The molecule has 47 heavy (non-hydrogen) atoms. The summed E-state index contributed by atoms with van der Waals surface area (Å²) < 4.78 is -19.0. The van der Waals surface area contributed by atoms with E-state index < -0.39 is 47.6 Å². The number of alkyl halides is 31.